The van der Waals surface area contributed by atoms with Gasteiger partial charge in [-0.15, -0.1) is 0 Å². The second-order valence-electron chi connectivity index (χ2n) is 5.71. The molecule has 1 aromatic heterocycles. The Labute approximate surface area is 118 Å². The first kappa shape index (κ1) is 13.0. The number of amides is 1. The Morgan fingerprint density at radius 2 is 1.95 bits per heavy atom. The lowest BCUT2D eigenvalue weighted by Gasteiger charge is -2.23. The Hall–Kier alpha value is -1.03. The molecule has 1 N–H and O–H groups in total. The third-order valence-corrected chi connectivity index (χ3v) is 4.62. The maximum atomic E-state index is 11.9. The van der Waals surface area contributed by atoms with E-state index in [-0.39, 0.29) is 11.8 Å². The number of hydrogen-bond donors (Lipinski definition) is 1. The first-order valence-electron chi connectivity index (χ1n) is 7.30. The van der Waals surface area contributed by atoms with Crippen molar-refractivity contribution >= 4 is 23.3 Å². The summed E-state index contributed by atoms with van der Waals surface area (Å²) in [5.41, 5.74) is 0. The maximum absolute atomic E-state index is 11.9. The highest BCUT2D eigenvalue weighted by Crippen LogP contribution is 2.32. The lowest BCUT2D eigenvalue weighted by molar-refractivity contribution is -0.122. The number of rotatable bonds is 3. The standard InChI is InChI=1S/C14H20ClN3O/c15-12-9-13(16-14(19)10-5-4-6-10)17-18(12)11-7-2-1-3-8-11/h9-11H,1-8H2,(H,16,17,19). The molecule has 2 aliphatic rings. The Morgan fingerprint density at radius 1 is 1.21 bits per heavy atom. The zero-order valence-corrected chi connectivity index (χ0v) is 11.8. The van der Waals surface area contributed by atoms with E-state index >= 15 is 0 Å². The summed E-state index contributed by atoms with van der Waals surface area (Å²) in [4.78, 5) is 11.9. The SMILES string of the molecule is O=C(Nc1cc(Cl)n(C2CCCCC2)n1)C1CCC1. The van der Waals surface area contributed by atoms with Gasteiger partial charge in [0.2, 0.25) is 5.91 Å². The molecule has 5 heteroatoms. The van der Waals surface area contributed by atoms with Crippen molar-refractivity contribution in [2.24, 2.45) is 5.92 Å². The molecule has 3 rings (SSSR count). The number of anilines is 1. The van der Waals surface area contributed by atoms with E-state index in [1.54, 1.807) is 6.07 Å². The largest absolute Gasteiger partial charge is 0.309 e. The maximum Gasteiger partial charge on any atom is 0.228 e. The third kappa shape index (κ3) is 2.78. The molecule has 1 aromatic rings. The number of aromatic nitrogens is 2. The molecule has 1 heterocycles. The van der Waals surface area contributed by atoms with E-state index in [1.165, 1.54) is 19.3 Å². The number of nitrogens with one attached hydrogen (secondary N) is 1. The summed E-state index contributed by atoms with van der Waals surface area (Å²) in [6.45, 7) is 0. The zero-order chi connectivity index (χ0) is 13.2. The number of carbonyl (C=O) groups excluding carboxylic acids is 1. The quantitative estimate of drug-likeness (QED) is 0.916. The van der Waals surface area contributed by atoms with Crippen molar-refractivity contribution < 1.29 is 4.79 Å². The fraction of sp³-hybridized carbons (Fsp3) is 0.714. The summed E-state index contributed by atoms with van der Waals surface area (Å²) in [7, 11) is 0. The van der Waals surface area contributed by atoms with Crippen LogP contribution in [0.4, 0.5) is 5.82 Å². The average molecular weight is 282 g/mol. The van der Waals surface area contributed by atoms with Crippen LogP contribution in [0.1, 0.15) is 57.4 Å². The van der Waals surface area contributed by atoms with Crippen LogP contribution in [0.25, 0.3) is 0 Å². The van der Waals surface area contributed by atoms with Crippen LogP contribution in [-0.4, -0.2) is 15.7 Å². The molecule has 0 bridgehead atoms. The predicted octanol–water partition coefficient (Wildman–Crippen LogP) is 3.78. The van der Waals surface area contributed by atoms with Gasteiger partial charge in [-0.2, -0.15) is 5.10 Å². The van der Waals surface area contributed by atoms with Crippen molar-refractivity contribution in [1.29, 1.82) is 0 Å². The van der Waals surface area contributed by atoms with Crippen LogP contribution >= 0.6 is 11.6 Å². The summed E-state index contributed by atoms with van der Waals surface area (Å²) < 4.78 is 1.89. The molecule has 104 valence electrons. The molecule has 0 radical (unpaired) electrons. The molecule has 4 nitrogen and oxygen atoms in total. The fourth-order valence-electron chi connectivity index (χ4n) is 2.91. The van der Waals surface area contributed by atoms with Gasteiger partial charge in [0.05, 0.1) is 6.04 Å². The number of nitrogens with zero attached hydrogens (tertiary/aromatic N) is 2. The molecule has 0 atom stereocenters. The smallest absolute Gasteiger partial charge is 0.228 e. The first-order valence-corrected chi connectivity index (χ1v) is 7.68. The monoisotopic (exact) mass is 281 g/mol. The van der Waals surface area contributed by atoms with Crippen molar-refractivity contribution in [2.75, 3.05) is 5.32 Å². The van der Waals surface area contributed by atoms with Gasteiger partial charge in [-0.25, -0.2) is 4.68 Å². The lowest BCUT2D eigenvalue weighted by Crippen LogP contribution is -2.28. The molecule has 19 heavy (non-hydrogen) atoms. The molecule has 2 fully saturated rings. The van der Waals surface area contributed by atoms with E-state index in [4.69, 9.17) is 11.6 Å². The zero-order valence-electron chi connectivity index (χ0n) is 11.1. The molecular formula is C14H20ClN3O. The van der Waals surface area contributed by atoms with Crippen LogP contribution in [0, 0.1) is 5.92 Å². The highest BCUT2D eigenvalue weighted by molar-refractivity contribution is 6.30. The molecule has 0 aliphatic heterocycles. The van der Waals surface area contributed by atoms with Crippen LogP contribution in [0.15, 0.2) is 6.07 Å². The molecule has 2 aliphatic carbocycles. The number of halogens is 1. The minimum atomic E-state index is 0.0937. The van der Waals surface area contributed by atoms with Crippen LogP contribution in [0.3, 0.4) is 0 Å². The van der Waals surface area contributed by atoms with E-state index < -0.39 is 0 Å². The normalized spacial score (nSPS) is 21.1. The van der Waals surface area contributed by atoms with Crippen molar-refractivity contribution in [3.05, 3.63) is 11.2 Å². The Morgan fingerprint density at radius 3 is 2.58 bits per heavy atom. The van der Waals surface area contributed by atoms with Gasteiger partial charge in [-0.1, -0.05) is 37.3 Å². The van der Waals surface area contributed by atoms with Crippen LogP contribution in [-0.2, 0) is 4.79 Å². The summed E-state index contributed by atoms with van der Waals surface area (Å²) in [6, 6.07) is 2.17. The molecular weight excluding hydrogens is 262 g/mol. The topological polar surface area (TPSA) is 46.9 Å². The molecule has 0 spiro atoms. The molecule has 0 unspecified atom stereocenters. The fourth-order valence-corrected chi connectivity index (χ4v) is 3.19. The summed E-state index contributed by atoms with van der Waals surface area (Å²) in [5, 5.41) is 7.99. The second-order valence-corrected chi connectivity index (χ2v) is 6.09. The first-order chi connectivity index (χ1) is 9.24. The second kappa shape index (κ2) is 5.53. The molecule has 0 aromatic carbocycles. The Kier molecular flexibility index (Phi) is 3.78. The number of hydrogen-bond acceptors (Lipinski definition) is 2. The molecule has 1 amide bonds. The Bertz CT molecular complexity index is 461. The van der Waals surface area contributed by atoms with E-state index in [0.717, 1.165) is 32.1 Å². The van der Waals surface area contributed by atoms with Crippen molar-refractivity contribution in [2.45, 2.75) is 57.4 Å². The van der Waals surface area contributed by atoms with Crippen molar-refractivity contribution in [1.82, 2.24) is 9.78 Å². The highest BCUT2D eigenvalue weighted by Gasteiger charge is 2.26. The van der Waals surface area contributed by atoms with Crippen molar-refractivity contribution in [3.8, 4) is 0 Å². The van der Waals surface area contributed by atoms with E-state index in [9.17, 15) is 4.79 Å². The van der Waals surface area contributed by atoms with Crippen LogP contribution < -0.4 is 5.32 Å². The van der Waals surface area contributed by atoms with Gasteiger partial charge >= 0.3 is 0 Å². The van der Waals surface area contributed by atoms with Gasteiger partial charge in [-0.3, -0.25) is 4.79 Å². The molecule has 0 saturated heterocycles. The molecule has 2 saturated carbocycles. The van der Waals surface area contributed by atoms with E-state index in [1.807, 2.05) is 4.68 Å². The Balaban J connectivity index is 1.67. The lowest BCUT2D eigenvalue weighted by atomic mass is 9.85. The predicted molar refractivity (Wildman–Crippen MR) is 75.3 cm³/mol. The van der Waals surface area contributed by atoms with Crippen molar-refractivity contribution in [3.63, 3.8) is 0 Å². The summed E-state index contributed by atoms with van der Waals surface area (Å²) in [6.07, 6.45) is 9.23. The van der Waals surface area contributed by atoms with Gasteiger partial charge in [0, 0.05) is 12.0 Å². The minimum absolute atomic E-state index is 0.0937. The van der Waals surface area contributed by atoms with Crippen LogP contribution in [0.2, 0.25) is 5.15 Å². The van der Waals surface area contributed by atoms with Gasteiger partial charge in [0.15, 0.2) is 5.82 Å². The van der Waals surface area contributed by atoms with Gasteiger partial charge < -0.3 is 5.32 Å². The van der Waals surface area contributed by atoms with Gasteiger partial charge in [0.25, 0.3) is 0 Å². The number of carbonyl (C=O) groups is 1. The third-order valence-electron chi connectivity index (χ3n) is 4.34. The minimum Gasteiger partial charge on any atom is -0.309 e. The highest BCUT2D eigenvalue weighted by atomic mass is 35.5. The average Bonchev–Trinajstić information content (AvgIpc) is 2.69. The van der Waals surface area contributed by atoms with Gasteiger partial charge in [-0.05, 0) is 25.7 Å². The van der Waals surface area contributed by atoms with E-state index in [0.29, 0.717) is 17.0 Å². The van der Waals surface area contributed by atoms with E-state index in [2.05, 4.69) is 10.4 Å². The van der Waals surface area contributed by atoms with Gasteiger partial charge in [0.1, 0.15) is 5.15 Å². The summed E-state index contributed by atoms with van der Waals surface area (Å²) in [5.74, 6) is 0.877. The summed E-state index contributed by atoms with van der Waals surface area (Å²) >= 11 is 6.24. The van der Waals surface area contributed by atoms with Crippen LogP contribution in [0.5, 0.6) is 0 Å².